The summed E-state index contributed by atoms with van der Waals surface area (Å²) in [7, 11) is 0. The van der Waals surface area contributed by atoms with E-state index in [-0.39, 0.29) is 10.7 Å². The van der Waals surface area contributed by atoms with Gasteiger partial charge in [-0.05, 0) is 12.5 Å². The standard InChI is InChI=1S/C14H14N2O3S/c1-9(17)12-10(2)19-14(20-12)16-13(18)15-8-11-6-4-3-5-7-11/h3-7H,8H2,1-2H3,(H,15,18). The van der Waals surface area contributed by atoms with Gasteiger partial charge in [-0.1, -0.05) is 41.7 Å². The van der Waals surface area contributed by atoms with Crippen molar-refractivity contribution in [3.63, 3.8) is 0 Å². The predicted octanol–water partition coefficient (Wildman–Crippen LogP) is 2.66. The van der Waals surface area contributed by atoms with Crippen LogP contribution in [-0.2, 0) is 6.54 Å². The summed E-state index contributed by atoms with van der Waals surface area (Å²) in [5.74, 6) is 0.388. The van der Waals surface area contributed by atoms with Crippen molar-refractivity contribution in [1.29, 1.82) is 0 Å². The molecule has 0 saturated carbocycles. The highest BCUT2D eigenvalue weighted by Gasteiger charge is 2.10. The van der Waals surface area contributed by atoms with Gasteiger partial charge in [-0.2, -0.15) is 0 Å². The Morgan fingerprint density at radius 2 is 2.00 bits per heavy atom. The molecule has 0 radical (unpaired) electrons. The summed E-state index contributed by atoms with van der Waals surface area (Å²) in [6.45, 7) is 3.52. The lowest BCUT2D eigenvalue weighted by atomic mass is 10.2. The Morgan fingerprint density at radius 1 is 1.30 bits per heavy atom. The lowest BCUT2D eigenvalue weighted by Crippen LogP contribution is -2.20. The Bertz CT molecular complexity index is 686. The highest BCUT2D eigenvalue weighted by Crippen LogP contribution is 2.11. The van der Waals surface area contributed by atoms with E-state index < -0.39 is 6.03 Å². The number of nitrogens with zero attached hydrogens (tertiary/aromatic N) is 1. The van der Waals surface area contributed by atoms with Crippen LogP contribution in [0, 0.1) is 6.92 Å². The highest BCUT2D eigenvalue weighted by molar-refractivity contribution is 7.11. The Kier molecular flexibility index (Phi) is 4.47. The Balaban J connectivity index is 2.05. The van der Waals surface area contributed by atoms with Crippen molar-refractivity contribution in [2.45, 2.75) is 20.4 Å². The van der Waals surface area contributed by atoms with Crippen LogP contribution in [0.4, 0.5) is 4.79 Å². The third kappa shape index (κ3) is 3.64. The van der Waals surface area contributed by atoms with Crippen LogP contribution in [0.25, 0.3) is 0 Å². The van der Waals surface area contributed by atoms with E-state index in [9.17, 15) is 9.59 Å². The molecule has 0 saturated heterocycles. The van der Waals surface area contributed by atoms with Crippen LogP contribution < -0.4 is 10.2 Å². The van der Waals surface area contributed by atoms with E-state index in [4.69, 9.17) is 4.42 Å². The number of urea groups is 1. The zero-order chi connectivity index (χ0) is 14.5. The van der Waals surface area contributed by atoms with Crippen LogP contribution in [-0.4, -0.2) is 11.8 Å². The summed E-state index contributed by atoms with van der Waals surface area (Å²) in [6.07, 6.45) is 0. The lowest BCUT2D eigenvalue weighted by molar-refractivity contribution is 0.101. The zero-order valence-electron chi connectivity index (χ0n) is 11.2. The van der Waals surface area contributed by atoms with E-state index >= 15 is 0 Å². The second-order valence-corrected chi connectivity index (χ2v) is 5.13. The molecule has 0 bridgehead atoms. The fraction of sp³-hybridized carbons (Fsp3) is 0.214. The van der Waals surface area contributed by atoms with Crippen LogP contribution in [0.3, 0.4) is 0 Å². The van der Waals surface area contributed by atoms with Gasteiger partial charge in [0.25, 0.3) is 4.87 Å². The van der Waals surface area contributed by atoms with Crippen molar-refractivity contribution in [1.82, 2.24) is 5.32 Å². The van der Waals surface area contributed by atoms with Gasteiger partial charge < -0.3 is 9.73 Å². The minimum Gasteiger partial charge on any atom is -0.434 e. The summed E-state index contributed by atoms with van der Waals surface area (Å²) in [5, 5.41) is 2.66. The van der Waals surface area contributed by atoms with Gasteiger partial charge in [0.2, 0.25) is 0 Å². The lowest BCUT2D eigenvalue weighted by Gasteiger charge is -2.00. The Morgan fingerprint density at radius 3 is 2.60 bits per heavy atom. The Labute approximate surface area is 120 Å². The first kappa shape index (κ1) is 14.2. The fourth-order valence-electron chi connectivity index (χ4n) is 1.62. The van der Waals surface area contributed by atoms with E-state index in [1.165, 1.54) is 6.92 Å². The maximum Gasteiger partial charge on any atom is 0.345 e. The van der Waals surface area contributed by atoms with Gasteiger partial charge in [0.15, 0.2) is 5.78 Å². The number of carbonyl (C=O) groups is 2. The summed E-state index contributed by atoms with van der Waals surface area (Å²) in [5.41, 5.74) is 0.986. The molecule has 0 aliphatic rings. The van der Waals surface area contributed by atoms with E-state index in [0.29, 0.717) is 17.2 Å². The van der Waals surface area contributed by atoms with E-state index in [1.807, 2.05) is 30.3 Å². The molecule has 2 rings (SSSR count). The molecule has 0 aliphatic carbocycles. The van der Waals surface area contributed by atoms with Crippen LogP contribution >= 0.6 is 11.3 Å². The summed E-state index contributed by atoms with van der Waals surface area (Å²) in [4.78, 5) is 27.4. The number of carbonyl (C=O) groups excluding carboxylic acids is 2. The molecule has 0 fully saturated rings. The van der Waals surface area contributed by atoms with E-state index in [0.717, 1.165) is 16.9 Å². The van der Waals surface area contributed by atoms with Gasteiger partial charge in [0.1, 0.15) is 10.6 Å². The van der Waals surface area contributed by atoms with E-state index in [1.54, 1.807) is 6.92 Å². The van der Waals surface area contributed by atoms with Crippen molar-refractivity contribution in [2.75, 3.05) is 0 Å². The molecule has 2 amide bonds. The molecule has 104 valence electrons. The van der Waals surface area contributed by atoms with Gasteiger partial charge in [-0.15, -0.1) is 4.99 Å². The zero-order valence-corrected chi connectivity index (χ0v) is 12.0. The van der Waals surface area contributed by atoms with Gasteiger partial charge in [0.05, 0.1) is 0 Å². The molecule has 6 heteroatoms. The average Bonchev–Trinajstić information content (AvgIpc) is 2.78. The number of amides is 2. The topological polar surface area (TPSA) is 71.7 Å². The summed E-state index contributed by atoms with van der Waals surface area (Å²) in [6, 6.07) is 9.04. The number of nitrogens with one attached hydrogen (secondary N) is 1. The monoisotopic (exact) mass is 290 g/mol. The largest absolute Gasteiger partial charge is 0.434 e. The smallest absolute Gasteiger partial charge is 0.345 e. The summed E-state index contributed by atoms with van der Waals surface area (Å²) < 4.78 is 5.27. The third-order valence-electron chi connectivity index (χ3n) is 2.55. The minimum atomic E-state index is -0.492. The second kappa shape index (κ2) is 6.29. The molecule has 1 aromatic carbocycles. The predicted molar refractivity (Wildman–Crippen MR) is 75.6 cm³/mol. The molecule has 1 heterocycles. The molecule has 0 spiro atoms. The quantitative estimate of drug-likeness (QED) is 0.883. The average molecular weight is 290 g/mol. The fourth-order valence-corrected chi connectivity index (χ4v) is 2.42. The highest BCUT2D eigenvalue weighted by atomic mass is 32.1. The van der Waals surface area contributed by atoms with Crippen LogP contribution in [0.5, 0.6) is 0 Å². The molecule has 20 heavy (non-hydrogen) atoms. The number of ketones is 1. The number of Topliss-reactive ketones (excluding diaryl/α,β-unsaturated/α-hetero) is 1. The van der Waals surface area contributed by atoms with Crippen molar-refractivity contribution in [2.24, 2.45) is 4.99 Å². The summed E-state index contributed by atoms with van der Waals surface area (Å²) >= 11 is 1.07. The molecular formula is C14H14N2O3S. The van der Waals surface area contributed by atoms with Crippen molar-refractivity contribution in [3.05, 3.63) is 51.4 Å². The van der Waals surface area contributed by atoms with Gasteiger partial charge in [-0.25, -0.2) is 4.79 Å². The van der Waals surface area contributed by atoms with Crippen molar-refractivity contribution < 1.29 is 14.0 Å². The number of benzene rings is 1. The van der Waals surface area contributed by atoms with Crippen LogP contribution in [0.15, 0.2) is 39.7 Å². The number of hydrogen-bond donors (Lipinski definition) is 1. The normalized spacial score (nSPS) is 11.4. The number of rotatable bonds is 3. The molecule has 0 unspecified atom stereocenters. The maximum absolute atomic E-state index is 11.7. The van der Waals surface area contributed by atoms with Crippen LogP contribution in [0.1, 0.15) is 27.9 Å². The molecule has 1 N–H and O–H groups in total. The van der Waals surface area contributed by atoms with Crippen molar-refractivity contribution in [3.8, 4) is 0 Å². The van der Waals surface area contributed by atoms with Crippen LogP contribution in [0.2, 0.25) is 0 Å². The number of hydrogen-bond acceptors (Lipinski definition) is 4. The third-order valence-corrected chi connectivity index (χ3v) is 3.68. The van der Waals surface area contributed by atoms with Gasteiger partial charge in [0, 0.05) is 13.5 Å². The number of aryl methyl sites for hydroxylation is 1. The first-order valence-corrected chi connectivity index (χ1v) is 6.86. The van der Waals surface area contributed by atoms with Gasteiger partial charge in [-0.3, -0.25) is 4.79 Å². The first-order valence-electron chi connectivity index (χ1n) is 6.04. The molecule has 5 nitrogen and oxygen atoms in total. The Hall–Kier alpha value is -2.21. The molecular weight excluding hydrogens is 276 g/mol. The second-order valence-electron chi connectivity index (χ2n) is 4.17. The van der Waals surface area contributed by atoms with Gasteiger partial charge >= 0.3 is 6.03 Å². The molecule has 1 aromatic heterocycles. The molecule has 2 aromatic rings. The molecule has 0 atom stereocenters. The molecule has 0 aliphatic heterocycles. The maximum atomic E-state index is 11.7. The first-order chi connectivity index (χ1) is 9.56. The van der Waals surface area contributed by atoms with Crippen molar-refractivity contribution >= 4 is 23.2 Å². The van der Waals surface area contributed by atoms with E-state index in [2.05, 4.69) is 10.3 Å². The minimum absolute atomic E-state index is 0.0950. The SMILES string of the molecule is CC(=O)c1sc(=NC(=O)NCc2ccccc2)oc1C.